The van der Waals surface area contributed by atoms with Crippen molar-refractivity contribution in [2.75, 3.05) is 13.2 Å². The number of hydrogen-bond acceptors (Lipinski definition) is 5. The molecule has 0 fully saturated rings. The zero-order chi connectivity index (χ0) is 18.2. The molecule has 0 unspecified atom stereocenters. The van der Waals surface area contributed by atoms with Gasteiger partial charge in [-0.15, -0.1) is 0 Å². The van der Waals surface area contributed by atoms with Crippen LogP contribution < -0.4 is 10.1 Å². The Balaban J connectivity index is 2.31. The summed E-state index contributed by atoms with van der Waals surface area (Å²) in [5.41, 5.74) is 0.0788. The Kier molecular flexibility index (Phi) is 7.25. The SMILES string of the molecule is Cc1cccc(OCCC(=O)OCC(=O)N[C@](C)(C#N)C(C)C)c1. The number of nitrogens with one attached hydrogen (secondary N) is 1. The Morgan fingerprint density at radius 3 is 2.67 bits per heavy atom. The number of aryl methyl sites for hydroxylation is 1. The third-order valence-electron chi connectivity index (χ3n) is 3.71. The van der Waals surface area contributed by atoms with Crippen LogP contribution in [0, 0.1) is 24.2 Å². The van der Waals surface area contributed by atoms with Gasteiger partial charge in [0.05, 0.1) is 19.1 Å². The number of nitrogens with zero attached hydrogens (tertiary/aromatic N) is 1. The van der Waals surface area contributed by atoms with Crippen molar-refractivity contribution >= 4 is 11.9 Å². The predicted octanol–water partition coefficient (Wildman–Crippen LogP) is 2.36. The first-order valence-corrected chi connectivity index (χ1v) is 7.84. The standard InChI is InChI=1S/C18H24N2O4/c1-13(2)18(4,12-19)20-16(21)11-24-17(22)8-9-23-15-7-5-6-14(3)10-15/h5-7,10,13H,8-9,11H2,1-4H3,(H,20,21)/t18-/m1/s1. The average molecular weight is 332 g/mol. The lowest BCUT2D eigenvalue weighted by Crippen LogP contribution is -2.50. The van der Waals surface area contributed by atoms with E-state index in [2.05, 4.69) is 11.4 Å². The van der Waals surface area contributed by atoms with Crippen LogP contribution in [0.1, 0.15) is 32.8 Å². The van der Waals surface area contributed by atoms with Crippen molar-refractivity contribution in [3.05, 3.63) is 29.8 Å². The number of benzene rings is 1. The lowest BCUT2D eigenvalue weighted by molar-refractivity contribution is -0.149. The number of nitriles is 1. The lowest BCUT2D eigenvalue weighted by atomic mass is 9.90. The van der Waals surface area contributed by atoms with E-state index in [1.54, 1.807) is 13.0 Å². The van der Waals surface area contributed by atoms with Crippen LogP contribution in [0.3, 0.4) is 0 Å². The van der Waals surface area contributed by atoms with Gasteiger partial charge in [-0.2, -0.15) is 5.26 Å². The van der Waals surface area contributed by atoms with Crippen molar-refractivity contribution in [3.63, 3.8) is 0 Å². The molecule has 1 amide bonds. The fourth-order valence-corrected chi connectivity index (χ4v) is 1.80. The molecule has 24 heavy (non-hydrogen) atoms. The highest BCUT2D eigenvalue weighted by molar-refractivity contribution is 5.81. The fourth-order valence-electron chi connectivity index (χ4n) is 1.80. The number of carbonyl (C=O) groups is 2. The number of rotatable bonds is 8. The molecule has 6 heteroatoms. The molecule has 1 N–H and O–H groups in total. The van der Waals surface area contributed by atoms with Gasteiger partial charge in [0, 0.05) is 0 Å². The number of carbonyl (C=O) groups excluding carboxylic acids is 2. The van der Waals surface area contributed by atoms with E-state index in [0.717, 1.165) is 5.56 Å². The van der Waals surface area contributed by atoms with E-state index >= 15 is 0 Å². The smallest absolute Gasteiger partial charge is 0.309 e. The van der Waals surface area contributed by atoms with E-state index in [-0.39, 0.29) is 18.9 Å². The zero-order valence-electron chi connectivity index (χ0n) is 14.6. The van der Waals surface area contributed by atoms with Gasteiger partial charge in [-0.25, -0.2) is 0 Å². The first-order valence-electron chi connectivity index (χ1n) is 7.84. The molecule has 0 aliphatic rings. The summed E-state index contributed by atoms with van der Waals surface area (Å²) in [5, 5.41) is 11.7. The summed E-state index contributed by atoms with van der Waals surface area (Å²) in [6.07, 6.45) is 0.0426. The van der Waals surface area contributed by atoms with Gasteiger partial charge in [0.1, 0.15) is 11.3 Å². The van der Waals surface area contributed by atoms with Gasteiger partial charge in [0.2, 0.25) is 0 Å². The average Bonchev–Trinajstić information content (AvgIpc) is 2.52. The molecule has 0 saturated carbocycles. The van der Waals surface area contributed by atoms with E-state index in [1.807, 2.05) is 39.0 Å². The summed E-state index contributed by atoms with van der Waals surface area (Å²) >= 11 is 0. The van der Waals surface area contributed by atoms with Crippen LogP contribution in [0.15, 0.2) is 24.3 Å². The molecule has 1 rings (SSSR count). The third-order valence-corrected chi connectivity index (χ3v) is 3.71. The second-order valence-corrected chi connectivity index (χ2v) is 6.09. The van der Waals surface area contributed by atoms with E-state index in [4.69, 9.17) is 14.7 Å². The Labute approximate surface area is 142 Å². The third kappa shape index (κ3) is 6.29. The van der Waals surface area contributed by atoms with Crippen molar-refractivity contribution in [1.29, 1.82) is 5.26 Å². The highest BCUT2D eigenvalue weighted by Crippen LogP contribution is 2.15. The van der Waals surface area contributed by atoms with Gasteiger partial charge in [-0.05, 0) is 37.5 Å². The second-order valence-electron chi connectivity index (χ2n) is 6.09. The summed E-state index contributed by atoms with van der Waals surface area (Å²) < 4.78 is 10.3. The summed E-state index contributed by atoms with van der Waals surface area (Å²) in [6.45, 7) is 7.01. The molecule has 6 nitrogen and oxygen atoms in total. The molecule has 0 spiro atoms. The van der Waals surface area contributed by atoms with Crippen molar-refractivity contribution in [2.24, 2.45) is 5.92 Å². The molecule has 0 aromatic heterocycles. The van der Waals surface area contributed by atoms with Gasteiger partial charge in [0.15, 0.2) is 6.61 Å². The lowest BCUT2D eigenvalue weighted by Gasteiger charge is -2.27. The minimum atomic E-state index is -0.988. The topological polar surface area (TPSA) is 88.4 Å². The molecule has 130 valence electrons. The van der Waals surface area contributed by atoms with Crippen LogP contribution in [0.2, 0.25) is 0 Å². The largest absolute Gasteiger partial charge is 0.493 e. The van der Waals surface area contributed by atoms with Crippen molar-refractivity contribution in [3.8, 4) is 11.8 Å². The summed E-state index contributed by atoms with van der Waals surface area (Å²) in [5.74, 6) is -0.408. The molecule has 0 radical (unpaired) electrons. The van der Waals surface area contributed by atoms with Crippen LogP contribution >= 0.6 is 0 Å². The normalized spacial score (nSPS) is 12.8. The fraction of sp³-hybridized carbons (Fsp3) is 0.500. The first-order chi connectivity index (χ1) is 11.3. The minimum Gasteiger partial charge on any atom is -0.493 e. The minimum absolute atomic E-state index is 0.0426. The maximum atomic E-state index is 11.8. The van der Waals surface area contributed by atoms with E-state index in [9.17, 15) is 9.59 Å². The molecule has 1 aromatic carbocycles. The van der Waals surface area contributed by atoms with Crippen LogP contribution in [-0.2, 0) is 14.3 Å². The Hall–Kier alpha value is -2.55. The van der Waals surface area contributed by atoms with Crippen molar-refractivity contribution in [2.45, 2.75) is 39.7 Å². The molecule has 0 saturated heterocycles. The highest BCUT2D eigenvalue weighted by atomic mass is 16.5. The Morgan fingerprint density at radius 2 is 2.08 bits per heavy atom. The van der Waals surface area contributed by atoms with Crippen LogP contribution in [0.5, 0.6) is 5.75 Å². The summed E-state index contributed by atoms with van der Waals surface area (Å²) in [4.78, 5) is 23.4. The second kappa shape index (κ2) is 8.92. The van der Waals surface area contributed by atoms with Gasteiger partial charge in [-0.1, -0.05) is 26.0 Å². The van der Waals surface area contributed by atoms with Gasteiger partial charge in [0.25, 0.3) is 5.91 Å². The number of esters is 1. The molecular weight excluding hydrogens is 308 g/mol. The number of ether oxygens (including phenoxy) is 2. The van der Waals surface area contributed by atoms with Crippen molar-refractivity contribution < 1.29 is 19.1 Å². The Morgan fingerprint density at radius 1 is 1.38 bits per heavy atom. The first kappa shape index (κ1) is 19.5. The van der Waals surface area contributed by atoms with E-state index in [0.29, 0.717) is 5.75 Å². The maximum absolute atomic E-state index is 11.8. The van der Waals surface area contributed by atoms with Crippen molar-refractivity contribution in [1.82, 2.24) is 5.32 Å². The molecule has 1 aromatic rings. The predicted molar refractivity (Wildman–Crippen MR) is 89.2 cm³/mol. The van der Waals surface area contributed by atoms with Gasteiger partial charge < -0.3 is 14.8 Å². The molecule has 0 aliphatic heterocycles. The van der Waals surface area contributed by atoms with E-state index < -0.39 is 24.0 Å². The molecule has 0 aliphatic carbocycles. The number of amides is 1. The molecule has 0 bridgehead atoms. The van der Waals surface area contributed by atoms with Crippen LogP contribution in [-0.4, -0.2) is 30.6 Å². The highest BCUT2D eigenvalue weighted by Gasteiger charge is 2.30. The Bertz CT molecular complexity index is 622. The summed E-state index contributed by atoms with van der Waals surface area (Å²) in [6, 6.07) is 9.56. The number of hydrogen-bond donors (Lipinski definition) is 1. The maximum Gasteiger partial charge on any atom is 0.309 e. The van der Waals surface area contributed by atoms with Crippen LogP contribution in [0.4, 0.5) is 0 Å². The molecule has 1 atom stereocenters. The summed E-state index contributed by atoms with van der Waals surface area (Å²) in [7, 11) is 0. The van der Waals surface area contributed by atoms with Crippen LogP contribution in [0.25, 0.3) is 0 Å². The quantitative estimate of drug-likeness (QED) is 0.738. The molecule has 0 heterocycles. The van der Waals surface area contributed by atoms with E-state index in [1.165, 1.54) is 0 Å². The zero-order valence-corrected chi connectivity index (χ0v) is 14.6. The van der Waals surface area contributed by atoms with Gasteiger partial charge in [-0.3, -0.25) is 9.59 Å². The van der Waals surface area contributed by atoms with Gasteiger partial charge >= 0.3 is 5.97 Å². The monoisotopic (exact) mass is 332 g/mol. The molecular formula is C18H24N2O4.